The third kappa shape index (κ3) is 4.12. The van der Waals surface area contributed by atoms with Gasteiger partial charge >= 0.3 is 6.09 Å². The van der Waals surface area contributed by atoms with Crippen LogP contribution in [0.5, 0.6) is 5.75 Å². The van der Waals surface area contributed by atoms with Gasteiger partial charge in [-0.15, -0.1) is 0 Å². The maximum absolute atomic E-state index is 12.2. The molecule has 1 aliphatic carbocycles. The zero-order valence-corrected chi connectivity index (χ0v) is 18.6. The van der Waals surface area contributed by atoms with E-state index in [0.717, 1.165) is 52.0 Å². The minimum atomic E-state index is -0.484. The van der Waals surface area contributed by atoms with Crippen molar-refractivity contribution in [2.75, 3.05) is 18.2 Å². The molecule has 1 aromatic heterocycles. The molecule has 0 unspecified atom stereocenters. The number of nitrogen functional groups attached to an aromatic ring is 1. The molecule has 1 heterocycles. The largest absolute Gasteiger partial charge is 0.497 e. The second kappa shape index (κ2) is 8.90. The van der Waals surface area contributed by atoms with E-state index in [9.17, 15) is 4.79 Å². The summed E-state index contributed by atoms with van der Waals surface area (Å²) < 4.78 is 13.1. The van der Waals surface area contributed by atoms with Crippen molar-refractivity contribution < 1.29 is 14.3 Å². The van der Waals surface area contributed by atoms with Crippen LogP contribution in [0.1, 0.15) is 30.9 Å². The number of hydrogen-bond acceptors (Lipinski definition) is 4. The standard InChI is InChI=1S/C27H27N3O3/c1-32-22-14-15-23-24(16-22)30(21-8-5-9-21)26(25(23)28)19-10-12-20(13-11-19)29-27(31)33-17-18-6-3-2-4-7-18/h2-4,6-7,10-16,21H,5,8-9,17,28H2,1H3,(H,29,31). The molecule has 1 amide bonds. The van der Waals surface area contributed by atoms with E-state index >= 15 is 0 Å². The van der Waals surface area contributed by atoms with Gasteiger partial charge in [-0.1, -0.05) is 42.5 Å². The van der Waals surface area contributed by atoms with Crippen molar-refractivity contribution in [3.63, 3.8) is 0 Å². The molecule has 1 saturated carbocycles. The minimum Gasteiger partial charge on any atom is -0.497 e. The fraction of sp³-hybridized carbons (Fsp3) is 0.222. The molecule has 0 atom stereocenters. The summed E-state index contributed by atoms with van der Waals surface area (Å²) in [5, 5.41) is 3.82. The third-order valence-electron chi connectivity index (χ3n) is 6.31. The van der Waals surface area contributed by atoms with Gasteiger partial charge in [0.1, 0.15) is 12.4 Å². The van der Waals surface area contributed by atoms with Gasteiger partial charge in [0.05, 0.1) is 24.0 Å². The molecule has 5 rings (SSSR count). The number of ether oxygens (including phenoxy) is 2. The molecule has 3 N–H and O–H groups in total. The zero-order chi connectivity index (χ0) is 22.8. The van der Waals surface area contributed by atoms with Gasteiger partial charge in [-0.05, 0) is 49.1 Å². The number of rotatable bonds is 6. The number of anilines is 2. The van der Waals surface area contributed by atoms with Gasteiger partial charge in [0.2, 0.25) is 0 Å². The Bertz CT molecular complexity index is 1280. The highest BCUT2D eigenvalue weighted by Gasteiger charge is 2.27. The van der Waals surface area contributed by atoms with Crippen LogP contribution in [0.4, 0.5) is 16.2 Å². The molecule has 0 spiro atoms. The molecule has 1 aliphatic rings. The predicted molar refractivity (Wildman–Crippen MR) is 131 cm³/mol. The lowest BCUT2D eigenvalue weighted by Gasteiger charge is -2.30. The topological polar surface area (TPSA) is 78.5 Å². The number of nitrogens with zero attached hydrogens (tertiary/aromatic N) is 1. The fourth-order valence-corrected chi connectivity index (χ4v) is 4.35. The number of aromatic nitrogens is 1. The smallest absolute Gasteiger partial charge is 0.411 e. The van der Waals surface area contributed by atoms with Crippen LogP contribution in [0, 0.1) is 0 Å². The number of methoxy groups -OCH3 is 1. The van der Waals surface area contributed by atoms with Crippen LogP contribution in [0.15, 0.2) is 72.8 Å². The van der Waals surface area contributed by atoms with E-state index in [1.54, 1.807) is 7.11 Å². The number of amides is 1. The van der Waals surface area contributed by atoms with Crippen LogP contribution in [-0.4, -0.2) is 17.8 Å². The molecular formula is C27H27N3O3. The van der Waals surface area contributed by atoms with Gasteiger partial charge in [0.25, 0.3) is 0 Å². The van der Waals surface area contributed by atoms with Crippen molar-refractivity contribution in [3.8, 4) is 17.0 Å². The van der Waals surface area contributed by atoms with E-state index in [4.69, 9.17) is 15.2 Å². The maximum Gasteiger partial charge on any atom is 0.411 e. The monoisotopic (exact) mass is 441 g/mol. The molecule has 0 aliphatic heterocycles. The quantitative estimate of drug-likeness (QED) is 0.364. The maximum atomic E-state index is 12.2. The van der Waals surface area contributed by atoms with Gasteiger partial charge in [0, 0.05) is 28.7 Å². The molecule has 0 bridgehead atoms. The van der Waals surface area contributed by atoms with E-state index in [1.807, 2.05) is 66.7 Å². The lowest BCUT2D eigenvalue weighted by molar-refractivity contribution is 0.155. The lowest BCUT2D eigenvalue weighted by atomic mass is 9.92. The van der Waals surface area contributed by atoms with Crippen LogP contribution < -0.4 is 15.8 Å². The third-order valence-corrected chi connectivity index (χ3v) is 6.31. The number of nitrogens with two attached hydrogens (primary N) is 1. The predicted octanol–water partition coefficient (Wildman–Crippen LogP) is 6.37. The van der Waals surface area contributed by atoms with Crippen LogP contribution in [0.25, 0.3) is 22.2 Å². The van der Waals surface area contributed by atoms with Crippen LogP contribution in [-0.2, 0) is 11.3 Å². The summed E-state index contributed by atoms with van der Waals surface area (Å²) in [6.07, 6.45) is 3.02. The summed E-state index contributed by atoms with van der Waals surface area (Å²) >= 11 is 0. The number of fused-ring (bicyclic) bond motifs is 1. The lowest BCUT2D eigenvalue weighted by Crippen LogP contribution is -2.18. The zero-order valence-electron chi connectivity index (χ0n) is 18.6. The highest BCUT2D eigenvalue weighted by molar-refractivity contribution is 6.01. The summed E-state index contributed by atoms with van der Waals surface area (Å²) in [5.41, 5.74) is 12.1. The Morgan fingerprint density at radius 3 is 2.48 bits per heavy atom. The Morgan fingerprint density at radius 1 is 1.06 bits per heavy atom. The first kappa shape index (κ1) is 20.9. The SMILES string of the molecule is COc1ccc2c(N)c(-c3ccc(NC(=O)OCc4ccccc4)cc3)n(C3CCC3)c2c1. The van der Waals surface area contributed by atoms with Gasteiger partial charge in [0.15, 0.2) is 0 Å². The molecular weight excluding hydrogens is 414 g/mol. The van der Waals surface area contributed by atoms with Crippen molar-refractivity contribution in [1.29, 1.82) is 0 Å². The van der Waals surface area contributed by atoms with E-state index in [1.165, 1.54) is 6.42 Å². The highest BCUT2D eigenvalue weighted by Crippen LogP contribution is 2.44. The van der Waals surface area contributed by atoms with Crippen molar-refractivity contribution in [1.82, 2.24) is 4.57 Å². The second-order valence-electron chi connectivity index (χ2n) is 8.36. The number of carbonyl (C=O) groups excluding carboxylic acids is 1. The number of carbonyl (C=O) groups is 1. The average Bonchev–Trinajstić information content (AvgIpc) is 3.09. The van der Waals surface area contributed by atoms with Crippen molar-refractivity contribution in [2.24, 2.45) is 0 Å². The number of nitrogens with one attached hydrogen (secondary N) is 1. The molecule has 0 saturated heterocycles. The normalized spacial score (nSPS) is 13.5. The Labute approximate surface area is 192 Å². The summed E-state index contributed by atoms with van der Waals surface area (Å²) in [7, 11) is 1.68. The van der Waals surface area contributed by atoms with Gasteiger partial charge in [-0.25, -0.2) is 4.79 Å². The highest BCUT2D eigenvalue weighted by atomic mass is 16.5. The molecule has 3 aromatic carbocycles. The van der Waals surface area contributed by atoms with Crippen molar-refractivity contribution >= 4 is 28.4 Å². The molecule has 168 valence electrons. The number of benzene rings is 3. The van der Waals surface area contributed by atoms with Crippen molar-refractivity contribution in [2.45, 2.75) is 31.9 Å². The van der Waals surface area contributed by atoms with E-state index in [-0.39, 0.29) is 6.61 Å². The average molecular weight is 442 g/mol. The van der Waals surface area contributed by atoms with E-state index < -0.39 is 6.09 Å². The Hall–Kier alpha value is -3.93. The number of hydrogen-bond donors (Lipinski definition) is 2. The first-order valence-electron chi connectivity index (χ1n) is 11.2. The van der Waals surface area contributed by atoms with Crippen LogP contribution in [0.3, 0.4) is 0 Å². The van der Waals surface area contributed by atoms with E-state index in [2.05, 4.69) is 16.0 Å². The first-order chi connectivity index (χ1) is 16.1. The Balaban J connectivity index is 1.39. The van der Waals surface area contributed by atoms with E-state index in [0.29, 0.717) is 11.7 Å². The molecule has 0 radical (unpaired) electrons. The molecule has 6 nitrogen and oxygen atoms in total. The Morgan fingerprint density at radius 2 is 1.82 bits per heavy atom. The second-order valence-corrected chi connectivity index (χ2v) is 8.36. The molecule has 33 heavy (non-hydrogen) atoms. The molecule has 1 fully saturated rings. The van der Waals surface area contributed by atoms with Gasteiger partial charge in [-0.3, -0.25) is 5.32 Å². The van der Waals surface area contributed by atoms with Crippen LogP contribution in [0.2, 0.25) is 0 Å². The van der Waals surface area contributed by atoms with Gasteiger partial charge < -0.3 is 19.8 Å². The molecule has 6 heteroatoms. The van der Waals surface area contributed by atoms with Crippen molar-refractivity contribution in [3.05, 3.63) is 78.4 Å². The Kier molecular flexibility index (Phi) is 5.65. The van der Waals surface area contributed by atoms with Crippen LogP contribution >= 0.6 is 0 Å². The molecule has 4 aromatic rings. The summed E-state index contributed by atoms with van der Waals surface area (Å²) in [5.74, 6) is 0.820. The summed E-state index contributed by atoms with van der Waals surface area (Å²) in [6, 6.07) is 23.8. The summed E-state index contributed by atoms with van der Waals surface area (Å²) in [6.45, 7) is 0.228. The van der Waals surface area contributed by atoms with Gasteiger partial charge in [-0.2, -0.15) is 0 Å². The fourth-order valence-electron chi connectivity index (χ4n) is 4.35. The summed E-state index contributed by atoms with van der Waals surface area (Å²) in [4.78, 5) is 12.2. The first-order valence-corrected chi connectivity index (χ1v) is 11.2. The minimum absolute atomic E-state index is 0.228.